The normalized spacial score (nSPS) is 13.6. The van der Waals surface area contributed by atoms with Crippen LogP contribution in [0.1, 0.15) is 29.5 Å². The average molecular weight is 453 g/mol. The number of nitrogens with two attached hydrogens (primary N) is 1. The summed E-state index contributed by atoms with van der Waals surface area (Å²) in [6, 6.07) is 11.5. The number of fused-ring (bicyclic) bond motifs is 1. The highest BCUT2D eigenvalue weighted by atomic mass is 127. The minimum absolute atomic E-state index is 0. The molecule has 0 amide bonds. The van der Waals surface area contributed by atoms with Gasteiger partial charge in [-0.15, -0.1) is 24.0 Å². The molecule has 25 heavy (non-hydrogen) atoms. The molecule has 0 atom stereocenters. The number of hydrogen-bond acceptors (Lipinski definition) is 3. The van der Waals surface area contributed by atoms with Crippen molar-refractivity contribution in [1.82, 2.24) is 0 Å². The highest BCUT2D eigenvalue weighted by molar-refractivity contribution is 14.0. The summed E-state index contributed by atoms with van der Waals surface area (Å²) in [4.78, 5) is 4.37. The van der Waals surface area contributed by atoms with Gasteiger partial charge in [-0.3, -0.25) is 0 Å². The van der Waals surface area contributed by atoms with Crippen LogP contribution in [0.2, 0.25) is 0 Å². The Balaban J connectivity index is 0.00000225. The second-order valence-corrected chi connectivity index (χ2v) is 5.98. The summed E-state index contributed by atoms with van der Waals surface area (Å²) >= 11 is 0. The summed E-state index contributed by atoms with van der Waals surface area (Å²) < 4.78 is 5.03. The Morgan fingerprint density at radius 1 is 1.24 bits per heavy atom. The van der Waals surface area contributed by atoms with Crippen molar-refractivity contribution in [2.75, 3.05) is 12.4 Å². The number of aromatic hydroxyl groups is 1. The first-order chi connectivity index (χ1) is 11.7. The molecule has 3 rings (SSSR count). The lowest BCUT2D eigenvalue weighted by Crippen LogP contribution is -2.24. The molecule has 0 bridgehead atoms. The predicted molar refractivity (Wildman–Crippen MR) is 112 cm³/mol. The number of benzene rings is 2. The van der Waals surface area contributed by atoms with E-state index in [4.69, 9.17) is 10.5 Å². The topological polar surface area (TPSA) is 79.9 Å². The van der Waals surface area contributed by atoms with Crippen LogP contribution in [0, 0.1) is 0 Å². The van der Waals surface area contributed by atoms with Crippen molar-refractivity contribution in [3.05, 3.63) is 53.1 Å². The van der Waals surface area contributed by atoms with Gasteiger partial charge in [-0.1, -0.05) is 18.2 Å². The van der Waals surface area contributed by atoms with E-state index in [9.17, 15) is 5.11 Å². The van der Waals surface area contributed by atoms with Gasteiger partial charge in [0.25, 0.3) is 0 Å². The first-order valence-electron chi connectivity index (χ1n) is 8.21. The SMILES string of the molecule is COc1ccc(CN=C(N)Nc2cccc3c2CCCC3)cc1O.I. The lowest BCUT2D eigenvalue weighted by atomic mass is 9.90. The lowest BCUT2D eigenvalue weighted by Gasteiger charge is -2.19. The molecule has 0 saturated carbocycles. The number of phenolic OH excluding ortho intramolecular Hbond substituents is 1. The van der Waals surface area contributed by atoms with E-state index in [1.165, 1.54) is 31.1 Å². The number of methoxy groups -OCH3 is 1. The molecule has 1 aliphatic carbocycles. The molecule has 0 spiro atoms. The van der Waals surface area contributed by atoms with E-state index in [0.29, 0.717) is 18.3 Å². The van der Waals surface area contributed by atoms with Gasteiger partial charge in [0.05, 0.1) is 13.7 Å². The summed E-state index contributed by atoms with van der Waals surface area (Å²) in [5.41, 5.74) is 10.7. The Bertz CT molecular complexity index is 762. The van der Waals surface area contributed by atoms with Gasteiger partial charge in [0, 0.05) is 5.69 Å². The summed E-state index contributed by atoms with van der Waals surface area (Å²) in [7, 11) is 1.52. The fourth-order valence-electron chi connectivity index (χ4n) is 3.09. The summed E-state index contributed by atoms with van der Waals surface area (Å²) in [5.74, 6) is 0.933. The number of aliphatic imine (C=N–C) groups is 1. The number of halogens is 1. The number of phenols is 1. The molecular weight excluding hydrogens is 429 g/mol. The molecule has 0 radical (unpaired) electrons. The maximum Gasteiger partial charge on any atom is 0.193 e. The number of rotatable bonds is 4. The molecule has 6 heteroatoms. The average Bonchev–Trinajstić information content (AvgIpc) is 2.60. The van der Waals surface area contributed by atoms with Gasteiger partial charge in [0.15, 0.2) is 17.5 Å². The van der Waals surface area contributed by atoms with Crippen LogP contribution in [-0.2, 0) is 19.4 Å². The maximum absolute atomic E-state index is 9.80. The van der Waals surface area contributed by atoms with Crippen LogP contribution in [0.5, 0.6) is 11.5 Å². The molecule has 2 aromatic carbocycles. The molecule has 0 fully saturated rings. The number of aryl methyl sites for hydroxylation is 1. The van der Waals surface area contributed by atoms with Gasteiger partial charge in [-0.25, -0.2) is 4.99 Å². The molecule has 4 N–H and O–H groups in total. The molecule has 0 heterocycles. The Morgan fingerprint density at radius 3 is 2.80 bits per heavy atom. The second-order valence-electron chi connectivity index (χ2n) is 5.98. The number of guanidine groups is 1. The highest BCUT2D eigenvalue weighted by Crippen LogP contribution is 2.28. The van der Waals surface area contributed by atoms with Crippen LogP contribution < -0.4 is 15.8 Å². The number of nitrogens with one attached hydrogen (secondary N) is 1. The molecular formula is C19H24IN3O2. The van der Waals surface area contributed by atoms with Gasteiger partial charge in [0.1, 0.15) is 0 Å². The van der Waals surface area contributed by atoms with E-state index < -0.39 is 0 Å². The standard InChI is InChI=1S/C19H23N3O2.HI/c1-24-18-10-9-13(11-17(18)23)12-21-19(20)22-16-8-4-6-14-5-2-3-7-15(14)16;/h4,6,8-11,23H,2-3,5,7,12H2,1H3,(H3,20,21,22);1H. The van der Waals surface area contributed by atoms with Crippen molar-refractivity contribution in [3.63, 3.8) is 0 Å². The number of anilines is 1. The molecule has 134 valence electrons. The van der Waals surface area contributed by atoms with Crippen molar-refractivity contribution in [3.8, 4) is 11.5 Å². The molecule has 2 aromatic rings. The van der Waals surface area contributed by atoms with E-state index in [1.807, 2.05) is 12.1 Å². The third-order valence-electron chi connectivity index (χ3n) is 4.33. The Morgan fingerprint density at radius 2 is 2.04 bits per heavy atom. The number of ether oxygens (including phenoxy) is 1. The zero-order valence-electron chi connectivity index (χ0n) is 14.3. The van der Waals surface area contributed by atoms with E-state index in [-0.39, 0.29) is 29.7 Å². The van der Waals surface area contributed by atoms with Crippen LogP contribution in [-0.4, -0.2) is 18.2 Å². The number of nitrogens with zero attached hydrogens (tertiary/aromatic N) is 1. The van der Waals surface area contributed by atoms with Crippen molar-refractivity contribution in [1.29, 1.82) is 0 Å². The smallest absolute Gasteiger partial charge is 0.193 e. The van der Waals surface area contributed by atoms with Gasteiger partial charge >= 0.3 is 0 Å². The molecule has 0 aromatic heterocycles. The molecule has 0 saturated heterocycles. The fraction of sp³-hybridized carbons (Fsp3) is 0.316. The third kappa shape index (κ3) is 4.78. The third-order valence-corrected chi connectivity index (χ3v) is 4.33. The molecule has 5 nitrogen and oxygen atoms in total. The summed E-state index contributed by atoms with van der Waals surface area (Å²) in [6.07, 6.45) is 4.68. The van der Waals surface area contributed by atoms with Crippen molar-refractivity contribution < 1.29 is 9.84 Å². The Labute approximate surface area is 165 Å². The Hall–Kier alpha value is -1.96. The minimum atomic E-state index is 0. The van der Waals surface area contributed by atoms with Crippen molar-refractivity contribution in [2.24, 2.45) is 10.7 Å². The van der Waals surface area contributed by atoms with E-state index >= 15 is 0 Å². The lowest BCUT2D eigenvalue weighted by molar-refractivity contribution is 0.373. The fourth-order valence-corrected chi connectivity index (χ4v) is 3.09. The summed E-state index contributed by atoms with van der Waals surface area (Å²) in [5, 5.41) is 13.0. The first-order valence-corrected chi connectivity index (χ1v) is 8.21. The Kier molecular flexibility index (Phi) is 6.92. The predicted octanol–water partition coefficient (Wildman–Crippen LogP) is 3.82. The van der Waals surface area contributed by atoms with Crippen LogP contribution in [0.25, 0.3) is 0 Å². The quantitative estimate of drug-likeness (QED) is 0.374. The largest absolute Gasteiger partial charge is 0.504 e. The zero-order valence-corrected chi connectivity index (χ0v) is 16.6. The molecule has 1 aliphatic rings. The van der Waals surface area contributed by atoms with Crippen molar-refractivity contribution >= 4 is 35.6 Å². The molecule has 0 unspecified atom stereocenters. The van der Waals surface area contributed by atoms with Gasteiger partial charge in [0.2, 0.25) is 0 Å². The maximum atomic E-state index is 9.80. The number of hydrogen-bond donors (Lipinski definition) is 3. The van der Waals surface area contributed by atoms with Crippen LogP contribution >= 0.6 is 24.0 Å². The van der Waals surface area contributed by atoms with Crippen LogP contribution in [0.15, 0.2) is 41.4 Å². The van der Waals surface area contributed by atoms with Gasteiger partial charge in [-0.2, -0.15) is 0 Å². The monoisotopic (exact) mass is 453 g/mol. The van der Waals surface area contributed by atoms with Crippen LogP contribution in [0.3, 0.4) is 0 Å². The van der Waals surface area contributed by atoms with Gasteiger partial charge in [-0.05, 0) is 60.6 Å². The zero-order chi connectivity index (χ0) is 16.9. The van der Waals surface area contributed by atoms with E-state index in [0.717, 1.165) is 24.1 Å². The highest BCUT2D eigenvalue weighted by Gasteiger charge is 2.13. The van der Waals surface area contributed by atoms with E-state index in [1.54, 1.807) is 12.1 Å². The van der Waals surface area contributed by atoms with Crippen LogP contribution in [0.4, 0.5) is 5.69 Å². The van der Waals surface area contributed by atoms with Crippen molar-refractivity contribution in [2.45, 2.75) is 32.2 Å². The first kappa shape index (κ1) is 19.4. The van der Waals surface area contributed by atoms with Gasteiger partial charge < -0.3 is 20.9 Å². The summed E-state index contributed by atoms with van der Waals surface area (Å²) in [6.45, 7) is 0.394. The second kappa shape index (κ2) is 8.94. The molecule has 0 aliphatic heterocycles. The minimum Gasteiger partial charge on any atom is -0.504 e. The van der Waals surface area contributed by atoms with E-state index in [2.05, 4.69) is 22.4 Å².